The summed E-state index contributed by atoms with van der Waals surface area (Å²) in [6.45, 7) is 0.900. The van der Waals surface area contributed by atoms with Gasteiger partial charge in [-0.2, -0.15) is 0 Å². The van der Waals surface area contributed by atoms with Gasteiger partial charge in [-0.1, -0.05) is 12.1 Å². The van der Waals surface area contributed by atoms with Crippen LogP contribution in [0.2, 0.25) is 0 Å². The zero-order valence-corrected chi connectivity index (χ0v) is 9.60. The SMILES string of the molecule is CN(C)CCc1ccc(O)c(CC(=O)O)c1. The number of hydrogen-bond donors (Lipinski definition) is 2. The molecule has 0 spiro atoms. The Morgan fingerprint density at radius 3 is 2.62 bits per heavy atom. The van der Waals surface area contributed by atoms with Crippen LogP contribution in [0.4, 0.5) is 0 Å². The summed E-state index contributed by atoms with van der Waals surface area (Å²) < 4.78 is 0. The molecule has 0 heterocycles. The molecule has 16 heavy (non-hydrogen) atoms. The molecule has 88 valence electrons. The Labute approximate surface area is 95.1 Å². The number of rotatable bonds is 5. The number of nitrogens with zero attached hydrogens (tertiary/aromatic N) is 1. The molecule has 0 aliphatic rings. The number of likely N-dealkylation sites (N-methyl/N-ethyl adjacent to an activating group) is 1. The highest BCUT2D eigenvalue weighted by molar-refractivity contribution is 5.71. The van der Waals surface area contributed by atoms with Gasteiger partial charge in [0.1, 0.15) is 5.75 Å². The van der Waals surface area contributed by atoms with Crippen LogP contribution in [0, 0.1) is 0 Å². The van der Waals surface area contributed by atoms with Gasteiger partial charge in [0.05, 0.1) is 6.42 Å². The fraction of sp³-hybridized carbons (Fsp3) is 0.417. The molecule has 4 nitrogen and oxygen atoms in total. The molecule has 4 heteroatoms. The smallest absolute Gasteiger partial charge is 0.307 e. The number of carboxylic acids is 1. The van der Waals surface area contributed by atoms with Crippen molar-refractivity contribution in [1.29, 1.82) is 0 Å². The molecule has 2 N–H and O–H groups in total. The molecule has 0 atom stereocenters. The van der Waals surface area contributed by atoms with Gasteiger partial charge >= 0.3 is 5.97 Å². The molecule has 0 unspecified atom stereocenters. The highest BCUT2D eigenvalue weighted by Crippen LogP contribution is 2.19. The highest BCUT2D eigenvalue weighted by atomic mass is 16.4. The van der Waals surface area contributed by atoms with Gasteiger partial charge in [0.2, 0.25) is 0 Å². The summed E-state index contributed by atoms with van der Waals surface area (Å²) in [5, 5.41) is 18.2. The van der Waals surface area contributed by atoms with E-state index in [4.69, 9.17) is 5.11 Å². The molecule has 0 radical (unpaired) electrons. The summed E-state index contributed by atoms with van der Waals surface area (Å²) >= 11 is 0. The van der Waals surface area contributed by atoms with Gasteiger partial charge < -0.3 is 15.1 Å². The van der Waals surface area contributed by atoms with E-state index in [0.717, 1.165) is 18.5 Å². The number of hydrogen-bond acceptors (Lipinski definition) is 3. The summed E-state index contributed by atoms with van der Waals surface area (Å²) in [4.78, 5) is 12.6. The minimum Gasteiger partial charge on any atom is -0.508 e. The summed E-state index contributed by atoms with van der Waals surface area (Å²) in [7, 11) is 3.97. The lowest BCUT2D eigenvalue weighted by molar-refractivity contribution is -0.136. The maximum Gasteiger partial charge on any atom is 0.307 e. The van der Waals surface area contributed by atoms with Crippen LogP contribution >= 0.6 is 0 Å². The minimum absolute atomic E-state index is 0.0519. The Kier molecular flexibility index (Phi) is 4.31. The summed E-state index contributed by atoms with van der Waals surface area (Å²) in [5.41, 5.74) is 1.52. The number of benzene rings is 1. The lowest BCUT2D eigenvalue weighted by atomic mass is 10.0. The number of carboxylic acid groups (broad SMARTS) is 1. The van der Waals surface area contributed by atoms with Crippen LogP contribution in [0.25, 0.3) is 0 Å². The first-order valence-corrected chi connectivity index (χ1v) is 5.16. The van der Waals surface area contributed by atoms with Crippen molar-refractivity contribution in [2.75, 3.05) is 20.6 Å². The third-order valence-corrected chi connectivity index (χ3v) is 2.33. The highest BCUT2D eigenvalue weighted by Gasteiger charge is 2.07. The standard InChI is InChI=1S/C12H17NO3/c1-13(2)6-5-9-3-4-11(14)10(7-9)8-12(15)16/h3-4,7,14H,5-6,8H2,1-2H3,(H,15,16). The van der Waals surface area contributed by atoms with E-state index < -0.39 is 5.97 Å². The van der Waals surface area contributed by atoms with Crippen molar-refractivity contribution < 1.29 is 15.0 Å². The molecular formula is C12H17NO3. The molecule has 0 amide bonds. The van der Waals surface area contributed by atoms with Gasteiger partial charge in [-0.3, -0.25) is 4.79 Å². The average Bonchev–Trinajstić information content (AvgIpc) is 2.18. The summed E-state index contributed by atoms with van der Waals surface area (Å²) in [6, 6.07) is 5.14. The molecule has 1 aromatic rings. The molecule has 0 bridgehead atoms. The zero-order chi connectivity index (χ0) is 12.1. The van der Waals surface area contributed by atoms with Crippen molar-refractivity contribution in [3.8, 4) is 5.75 Å². The Morgan fingerprint density at radius 2 is 2.06 bits per heavy atom. The number of aromatic hydroxyl groups is 1. The first kappa shape index (κ1) is 12.5. The van der Waals surface area contributed by atoms with Gasteiger partial charge in [0.25, 0.3) is 0 Å². The average molecular weight is 223 g/mol. The molecule has 0 saturated heterocycles. The second kappa shape index (κ2) is 5.51. The first-order valence-electron chi connectivity index (χ1n) is 5.16. The first-order chi connectivity index (χ1) is 7.49. The van der Waals surface area contributed by atoms with E-state index in [-0.39, 0.29) is 12.2 Å². The molecule has 1 aromatic carbocycles. The van der Waals surface area contributed by atoms with E-state index in [1.807, 2.05) is 20.2 Å². The normalized spacial score (nSPS) is 10.7. The third kappa shape index (κ3) is 3.90. The van der Waals surface area contributed by atoms with E-state index in [9.17, 15) is 9.90 Å². The van der Waals surface area contributed by atoms with Gasteiger partial charge in [0.15, 0.2) is 0 Å². The third-order valence-electron chi connectivity index (χ3n) is 2.33. The van der Waals surface area contributed by atoms with Crippen molar-refractivity contribution in [2.24, 2.45) is 0 Å². The van der Waals surface area contributed by atoms with Crippen LogP contribution < -0.4 is 0 Å². The lowest BCUT2D eigenvalue weighted by Crippen LogP contribution is -2.15. The van der Waals surface area contributed by atoms with E-state index in [1.165, 1.54) is 0 Å². The van der Waals surface area contributed by atoms with Crippen molar-refractivity contribution in [3.05, 3.63) is 29.3 Å². The fourth-order valence-electron chi connectivity index (χ4n) is 1.45. The van der Waals surface area contributed by atoms with Crippen LogP contribution in [0.5, 0.6) is 5.75 Å². The molecule has 0 aliphatic carbocycles. The Balaban J connectivity index is 2.76. The predicted octanol–water partition coefficient (Wildman–Crippen LogP) is 1.12. The monoisotopic (exact) mass is 223 g/mol. The number of carbonyl (C=O) groups is 1. The Bertz CT molecular complexity index is 375. The maximum atomic E-state index is 10.6. The molecule has 0 fully saturated rings. The number of aliphatic carboxylic acids is 1. The van der Waals surface area contributed by atoms with E-state index in [0.29, 0.717) is 5.56 Å². The number of phenolic OH excluding ortho intramolecular Hbond substituents is 1. The quantitative estimate of drug-likeness (QED) is 0.785. The molecule has 1 rings (SSSR count). The van der Waals surface area contributed by atoms with E-state index >= 15 is 0 Å². The van der Waals surface area contributed by atoms with E-state index in [2.05, 4.69) is 4.90 Å². The van der Waals surface area contributed by atoms with Gasteiger partial charge in [0, 0.05) is 12.1 Å². The Hall–Kier alpha value is -1.55. The molecule has 0 aromatic heterocycles. The minimum atomic E-state index is -0.931. The second-order valence-electron chi connectivity index (χ2n) is 4.09. The van der Waals surface area contributed by atoms with Crippen LogP contribution in [0.15, 0.2) is 18.2 Å². The van der Waals surface area contributed by atoms with Gasteiger partial charge in [-0.05, 0) is 32.1 Å². The van der Waals surface area contributed by atoms with E-state index in [1.54, 1.807) is 12.1 Å². The van der Waals surface area contributed by atoms with Crippen molar-refractivity contribution >= 4 is 5.97 Å². The summed E-state index contributed by atoms with van der Waals surface area (Å²) in [6.07, 6.45) is 0.710. The predicted molar refractivity (Wildman–Crippen MR) is 61.7 cm³/mol. The lowest BCUT2D eigenvalue weighted by Gasteiger charge is -2.10. The number of phenols is 1. The second-order valence-corrected chi connectivity index (χ2v) is 4.09. The van der Waals surface area contributed by atoms with Crippen LogP contribution in [-0.4, -0.2) is 41.7 Å². The molecule has 0 saturated carbocycles. The van der Waals surface area contributed by atoms with Crippen LogP contribution in [-0.2, 0) is 17.6 Å². The largest absolute Gasteiger partial charge is 0.508 e. The maximum absolute atomic E-state index is 10.6. The fourth-order valence-corrected chi connectivity index (χ4v) is 1.45. The van der Waals surface area contributed by atoms with Crippen molar-refractivity contribution in [2.45, 2.75) is 12.8 Å². The van der Waals surface area contributed by atoms with Crippen molar-refractivity contribution in [1.82, 2.24) is 4.90 Å². The van der Waals surface area contributed by atoms with Gasteiger partial charge in [-0.25, -0.2) is 0 Å². The zero-order valence-electron chi connectivity index (χ0n) is 9.60. The van der Waals surface area contributed by atoms with Crippen LogP contribution in [0.3, 0.4) is 0 Å². The summed E-state index contributed by atoms with van der Waals surface area (Å²) in [5.74, 6) is -0.879. The van der Waals surface area contributed by atoms with Gasteiger partial charge in [-0.15, -0.1) is 0 Å². The molecular weight excluding hydrogens is 206 g/mol. The Morgan fingerprint density at radius 1 is 1.38 bits per heavy atom. The van der Waals surface area contributed by atoms with Crippen molar-refractivity contribution in [3.63, 3.8) is 0 Å². The van der Waals surface area contributed by atoms with Crippen LogP contribution in [0.1, 0.15) is 11.1 Å². The topological polar surface area (TPSA) is 60.8 Å². The molecule has 0 aliphatic heterocycles.